The number of benzene rings is 1. The van der Waals surface area contributed by atoms with Gasteiger partial charge in [0.1, 0.15) is 11.6 Å². The molecule has 1 heterocycles. The highest BCUT2D eigenvalue weighted by Gasteiger charge is 2.03. The SMILES string of the molecule is CCCc1nsc(NCCc2ccc(F)cc2C)n1. The number of rotatable bonds is 6. The van der Waals surface area contributed by atoms with Crippen molar-refractivity contribution < 1.29 is 4.39 Å². The predicted molar refractivity (Wildman–Crippen MR) is 77.2 cm³/mol. The van der Waals surface area contributed by atoms with Crippen LogP contribution >= 0.6 is 11.5 Å². The minimum Gasteiger partial charge on any atom is -0.360 e. The van der Waals surface area contributed by atoms with Crippen LogP contribution in [0.2, 0.25) is 0 Å². The lowest BCUT2D eigenvalue weighted by molar-refractivity contribution is 0.625. The highest BCUT2D eigenvalue weighted by atomic mass is 32.1. The molecule has 0 saturated heterocycles. The number of hydrogen-bond donors (Lipinski definition) is 1. The first-order chi connectivity index (χ1) is 9.19. The Labute approximate surface area is 117 Å². The second-order valence-corrected chi connectivity index (χ2v) is 5.27. The van der Waals surface area contributed by atoms with E-state index in [-0.39, 0.29) is 5.82 Å². The van der Waals surface area contributed by atoms with Gasteiger partial charge in [-0.3, -0.25) is 0 Å². The van der Waals surface area contributed by atoms with Crippen LogP contribution in [0.25, 0.3) is 0 Å². The predicted octanol–water partition coefficient (Wildman–Crippen LogP) is 3.59. The lowest BCUT2D eigenvalue weighted by Gasteiger charge is -2.06. The summed E-state index contributed by atoms with van der Waals surface area (Å²) in [4.78, 5) is 4.40. The summed E-state index contributed by atoms with van der Waals surface area (Å²) in [6.07, 6.45) is 2.84. The van der Waals surface area contributed by atoms with Crippen LogP contribution in [0.3, 0.4) is 0 Å². The molecule has 0 fully saturated rings. The second-order valence-electron chi connectivity index (χ2n) is 4.51. The molecule has 0 bridgehead atoms. The Morgan fingerprint density at radius 1 is 1.32 bits per heavy atom. The van der Waals surface area contributed by atoms with E-state index in [1.165, 1.54) is 17.6 Å². The van der Waals surface area contributed by atoms with E-state index in [1.807, 2.05) is 13.0 Å². The zero-order valence-corrected chi connectivity index (χ0v) is 12.1. The summed E-state index contributed by atoms with van der Waals surface area (Å²) in [6.45, 7) is 4.83. The molecule has 2 aromatic rings. The summed E-state index contributed by atoms with van der Waals surface area (Å²) in [5.41, 5.74) is 2.15. The quantitative estimate of drug-likeness (QED) is 0.878. The highest BCUT2D eigenvalue weighted by molar-refractivity contribution is 7.09. The van der Waals surface area contributed by atoms with Crippen LogP contribution in [0.5, 0.6) is 0 Å². The summed E-state index contributed by atoms with van der Waals surface area (Å²) >= 11 is 1.40. The van der Waals surface area contributed by atoms with Gasteiger partial charge >= 0.3 is 0 Å². The molecule has 0 spiro atoms. The first-order valence-electron chi connectivity index (χ1n) is 6.50. The van der Waals surface area contributed by atoms with Crippen LogP contribution in [0.15, 0.2) is 18.2 Å². The number of aryl methyl sites for hydroxylation is 2. The number of nitrogens with one attached hydrogen (secondary N) is 1. The number of halogens is 1. The minimum atomic E-state index is -0.178. The Morgan fingerprint density at radius 2 is 2.16 bits per heavy atom. The second kappa shape index (κ2) is 6.61. The molecule has 0 unspecified atom stereocenters. The molecule has 0 saturated carbocycles. The maximum atomic E-state index is 13.0. The Balaban J connectivity index is 1.85. The Kier molecular flexibility index (Phi) is 4.85. The van der Waals surface area contributed by atoms with Crippen molar-refractivity contribution in [3.63, 3.8) is 0 Å². The molecule has 1 aromatic heterocycles. The van der Waals surface area contributed by atoms with Gasteiger partial charge in [-0.25, -0.2) is 9.37 Å². The van der Waals surface area contributed by atoms with Crippen LogP contribution in [-0.2, 0) is 12.8 Å². The fraction of sp³-hybridized carbons (Fsp3) is 0.429. The van der Waals surface area contributed by atoms with Gasteiger partial charge in [-0.1, -0.05) is 13.0 Å². The van der Waals surface area contributed by atoms with Crippen LogP contribution in [0, 0.1) is 12.7 Å². The molecular formula is C14H18FN3S. The standard InChI is InChI=1S/C14H18FN3S/c1-3-4-13-17-14(19-18-13)16-8-7-11-5-6-12(15)9-10(11)2/h5-6,9H,3-4,7-8H2,1-2H3,(H,16,17,18). The molecule has 19 heavy (non-hydrogen) atoms. The maximum Gasteiger partial charge on any atom is 0.202 e. The highest BCUT2D eigenvalue weighted by Crippen LogP contribution is 2.14. The summed E-state index contributed by atoms with van der Waals surface area (Å²) < 4.78 is 17.3. The van der Waals surface area contributed by atoms with Crippen molar-refractivity contribution in [1.29, 1.82) is 0 Å². The molecule has 0 aliphatic rings. The fourth-order valence-corrected chi connectivity index (χ4v) is 2.53. The van der Waals surface area contributed by atoms with E-state index in [0.717, 1.165) is 47.9 Å². The van der Waals surface area contributed by atoms with Gasteiger partial charge in [0.25, 0.3) is 0 Å². The number of anilines is 1. The van der Waals surface area contributed by atoms with E-state index in [0.29, 0.717) is 0 Å². The van der Waals surface area contributed by atoms with E-state index < -0.39 is 0 Å². The molecule has 3 nitrogen and oxygen atoms in total. The lowest BCUT2D eigenvalue weighted by atomic mass is 10.1. The smallest absolute Gasteiger partial charge is 0.202 e. The van der Waals surface area contributed by atoms with Gasteiger partial charge in [-0.05, 0) is 43.0 Å². The Morgan fingerprint density at radius 3 is 2.89 bits per heavy atom. The number of hydrogen-bond acceptors (Lipinski definition) is 4. The Bertz CT molecular complexity index is 539. The van der Waals surface area contributed by atoms with E-state index in [2.05, 4.69) is 21.6 Å². The van der Waals surface area contributed by atoms with Crippen molar-refractivity contribution in [2.75, 3.05) is 11.9 Å². The summed E-state index contributed by atoms with van der Waals surface area (Å²) in [5, 5.41) is 4.13. The van der Waals surface area contributed by atoms with E-state index in [4.69, 9.17) is 0 Å². The average Bonchev–Trinajstić information content (AvgIpc) is 2.80. The van der Waals surface area contributed by atoms with E-state index >= 15 is 0 Å². The molecule has 0 radical (unpaired) electrons. The maximum absolute atomic E-state index is 13.0. The molecule has 1 aromatic carbocycles. The van der Waals surface area contributed by atoms with Crippen molar-refractivity contribution in [2.24, 2.45) is 0 Å². The monoisotopic (exact) mass is 279 g/mol. The summed E-state index contributed by atoms with van der Waals surface area (Å²) in [7, 11) is 0. The molecule has 0 atom stereocenters. The van der Waals surface area contributed by atoms with Crippen molar-refractivity contribution in [2.45, 2.75) is 33.1 Å². The van der Waals surface area contributed by atoms with Gasteiger partial charge in [0.05, 0.1) is 0 Å². The minimum absolute atomic E-state index is 0.178. The van der Waals surface area contributed by atoms with Crippen molar-refractivity contribution in [3.8, 4) is 0 Å². The largest absolute Gasteiger partial charge is 0.360 e. The first-order valence-corrected chi connectivity index (χ1v) is 7.28. The zero-order valence-electron chi connectivity index (χ0n) is 11.2. The first kappa shape index (κ1) is 13.9. The average molecular weight is 279 g/mol. The molecule has 0 aliphatic carbocycles. The van der Waals surface area contributed by atoms with Crippen LogP contribution in [0.4, 0.5) is 9.52 Å². The van der Waals surface area contributed by atoms with Gasteiger partial charge in [0.15, 0.2) is 0 Å². The van der Waals surface area contributed by atoms with E-state index in [1.54, 1.807) is 6.07 Å². The van der Waals surface area contributed by atoms with Crippen molar-refractivity contribution >= 4 is 16.7 Å². The van der Waals surface area contributed by atoms with Crippen LogP contribution in [-0.4, -0.2) is 15.9 Å². The molecular weight excluding hydrogens is 261 g/mol. The van der Waals surface area contributed by atoms with Gasteiger partial charge in [-0.15, -0.1) is 0 Å². The topological polar surface area (TPSA) is 37.8 Å². The van der Waals surface area contributed by atoms with Crippen molar-refractivity contribution in [3.05, 3.63) is 41.0 Å². The molecule has 0 amide bonds. The zero-order chi connectivity index (χ0) is 13.7. The molecule has 0 aliphatic heterocycles. The fourth-order valence-electron chi connectivity index (χ4n) is 1.89. The number of nitrogens with zero attached hydrogens (tertiary/aromatic N) is 2. The molecule has 102 valence electrons. The van der Waals surface area contributed by atoms with Gasteiger partial charge in [-0.2, -0.15) is 4.37 Å². The lowest BCUT2D eigenvalue weighted by Crippen LogP contribution is -2.06. The third-order valence-corrected chi connectivity index (χ3v) is 3.63. The van der Waals surface area contributed by atoms with Crippen molar-refractivity contribution in [1.82, 2.24) is 9.36 Å². The molecule has 1 N–H and O–H groups in total. The molecule has 2 rings (SSSR count). The Hall–Kier alpha value is -1.49. The molecule has 5 heteroatoms. The third kappa shape index (κ3) is 3.99. The third-order valence-electron chi connectivity index (χ3n) is 2.92. The van der Waals surface area contributed by atoms with Gasteiger partial charge in [0.2, 0.25) is 5.13 Å². The van der Waals surface area contributed by atoms with Crippen LogP contribution in [0.1, 0.15) is 30.3 Å². The number of aromatic nitrogens is 2. The summed E-state index contributed by atoms with van der Waals surface area (Å²) in [6, 6.07) is 4.92. The summed E-state index contributed by atoms with van der Waals surface area (Å²) in [5.74, 6) is 0.732. The normalized spacial score (nSPS) is 10.7. The van der Waals surface area contributed by atoms with Gasteiger partial charge < -0.3 is 5.32 Å². The van der Waals surface area contributed by atoms with Crippen LogP contribution < -0.4 is 5.32 Å². The van der Waals surface area contributed by atoms with Gasteiger partial charge in [0, 0.05) is 24.5 Å². The van der Waals surface area contributed by atoms with E-state index in [9.17, 15) is 4.39 Å².